The van der Waals surface area contributed by atoms with Crippen LogP contribution in [0.1, 0.15) is 46.5 Å². The van der Waals surface area contributed by atoms with Gasteiger partial charge in [-0.2, -0.15) is 0 Å². The molecule has 0 aliphatic carbocycles. The second kappa shape index (κ2) is 6.80. The zero-order chi connectivity index (χ0) is 11.9. The lowest BCUT2D eigenvalue weighted by molar-refractivity contribution is -0.124. The average Bonchev–Trinajstić information content (AvgIpc) is 2.11. The van der Waals surface area contributed by atoms with Crippen molar-refractivity contribution in [1.29, 1.82) is 0 Å². The molecule has 2 unspecified atom stereocenters. The van der Waals surface area contributed by atoms with Crippen LogP contribution < -0.4 is 11.5 Å². The quantitative estimate of drug-likeness (QED) is 0.598. The maximum atomic E-state index is 11.0. The van der Waals surface area contributed by atoms with E-state index in [9.17, 15) is 4.79 Å². The Bertz CT molecular complexity index is 193. The lowest BCUT2D eigenvalue weighted by atomic mass is 9.95. The minimum atomic E-state index is -0.968. The molecular weight excluding hydrogens is 192 g/mol. The molecule has 4 N–H and O–H groups in total. The molecule has 0 aromatic rings. The standard InChI is InChI=1S/C11H24N2O2/c1-4-5-6-7-15-9(2)8-11(3,13)10(12)14/h9H,4-8,13H2,1-3H3,(H2,12,14). The van der Waals surface area contributed by atoms with Gasteiger partial charge in [0.15, 0.2) is 0 Å². The van der Waals surface area contributed by atoms with Crippen LogP contribution in [-0.4, -0.2) is 24.2 Å². The van der Waals surface area contributed by atoms with E-state index in [1.54, 1.807) is 6.92 Å². The third-order valence-corrected chi connectivity index (χ3v) is 2.42. The normalized spacial score (nSPS) is 17.1. The molecule has 0 rings (SSSR count). The van der Waals surface area contributed by atoms with Gasteiger partial charge >= 0.3 is 0 Å². The highest BCUT2D eigenvalue weighted by Crippen LogP contribution is 2.11. The summed E-state index contributed by atoms with van der Waals surface area (Å²) in [7, 11) is 0. The van der Waals surface area contributed by atoms with Gasteiger partial charge in [0.2, 0.25) is 5.91 Å². The number of hydrogen-bond acceptors (Lipinski definition) is 3. The number of nitrogens with two attached hydrogens (primary N) is 2. The van der Waals surface area contributed by atoms with E-state index >= 15 is 0 Å². The molecule has 0 bridgehead atoms. The maximum Gasteiger partial charge on any atom is 0.237 e. The van der Waals surface area contributed by atoms with Crippen LogP contribution in [-0.2, 0) is 9.53 Å². The van der Waals surface area contributed by atoms with Crippen molar-refractivity contribution in [3.05, 3.63) is 0 Å². The minimum Gasteiger partial charge on any atom is -0.378 e. The number of rotatable bonds is 8. The summed E-state index contributed by atoms with van der Waals surface area (Å²) in [5, 5.41) is 0. The molecule has 0 spiro atoms. The fourth-order valence-corrected chi connectivity index (χ4v) is 1.39. The summed E-state index contributed by atoms with van der Waals surface area (Å²) in [4.78, 5) is 11.0. The summed E-state index contributed by atoms with van der Waals surface area (Å²) < 4.78 is 5.54. The Kier molecular flexibility index (Phi) is 6.52. The monoisotopic (exact) mass is 216 g/mol. The van der Waals surface area contributed by atoms with Crippen molar-refractivity contribution in [3.8, 4) is 0 Å². The lowest BCUT2D eigenvalue weighted by Crippen LogP contribution is -2.51. The van der Waals surface area contributed by atoms with Crippen LogP contribution in [0.5, 0.6) is 0 Å². The summed E-state index contributed by atoms with van der Waals surface area (Å²) in [5.41, 5.74) is 9.94. The third-order valence-electron chi connectivity index (χ3n) is 2.42. The molecule has 0 fully saturated rings. The zero-order valence-electron chi connectivity index (χ0n) is 10.1. The van der Waals surface area contributed by atoms with Crippen molar-refractivity contribution in [2.75, 3.05) is 6.61 Å². The topological polar surface area (TPSA) is 78.3 Å². The first-order valence-corrected chi connectivity index (χ1v) is 5.60. The number of carbonyl (C=O) groups excluding carboxylic acids is 1. The van der Waals surface area contributed by atoms with Crippen LogP contribution in [0.25, 0.3) is 0 Å². The van der Waals surface area contributed by atoms with Crippen molar-refractivity contribution >= 4 is 5.91 Å². The molecule has 0 radical (unpaired) electrons. The highest BCUT2D eigenvalue weighted by atomic mass is 16.5. The molecular formula is C11H24N2O2. The van der Waals surface area contributed by atoms with Crippen molar-refractivity contribution in [1.82, 2.24) is 0 Å². The molecule has 1 amide bonds. The summed E-state index contributed by atoms with van der Waals surface area (Å²) in [6.07, 6.45) is 3.84. The molecule has 0 heterocycles. The zero-order valence-corrected chi connectivity index (χ0v) is 10.1. The second-order valence-electron chi connectivity index (χ2n) is 4.37. The van der Waals surface area contributed by atoms with E-state index in [-0.39, 0.29) is 6.10 Å². The van der Waals surface area contributed by atoms with Gasteiger partial charge in [0.05, 0.1) is 11.6 Å². The molecule has 0 aliphatic heterocycles. The molecule has 0 saturated heterocycles. The van der Waals surface area contributed by atoms with E-state index in [4.69, 9.17) is 16.2 Å². The Morgan fingerprint density at radius 3 is 2.53 bits per heavy atom. The van der Waals surface area contributed by atoms with Gasteiger partial charge in [0, 0.05) is 6.61 Å². The highest BCUT2D eigenvalue weighted by molar-refractivity contribution is 5.83. The third kappa shape index (κ3) is 6.47. The van der Waals surface area contributed by atoms with E-state index in [0.29, 0.717) is 6.42 Å². The predicted molar refractivity (Wildman–Crippen MR) is 61.3 cm³/mol. The van der Waals surface area contributed by atoms with Crippen molar-refractivity contribution in [3.63, 3.8) is 0 Å². The van der Waals surface area contributed by atoms with E-state index in [0.717, 1.165) is 13.0 Å². The molecule has 2 atom stereocenters. The molecule has 0 aliphatic rings. The predicted octanol–water partition coefficient (Wildman–Crippen LogP) is 1.17. The summed E-state index contributed by atoms with van der Waals surface area (Å²) in [6, 6.07) is 0. The smallest absolute Gasteiger partial charge is 0.237 e. The fraction of sp³-hybridized carbons (Fsp3) is 0.909. The molecule has 4 nitrogen and oxygen atoms in total. The van der Waals surface area contributed by atoms with Gasteiger partial charge in [-0.1, -0.05) is 19.8 Å². The van der Waals surface area contributed by atoms with Gasteiger partial charge < -0.3 is 16.2 Å². The van der Waals surface area contributed by atoms with Crippen molar-refractivity contribution < 1.29 is 9.53 Å². The van der Waals surface area contributed by atoms with Crippen molar-refractivity contribution in [2.45, 2.75) is 58.1 Å². The average molecular weight is 216 g/mol. The Balaban J connectivity index is 3.73. The number of hydrogen-bond donors (Lipinski definition) is 2. The van der Waals surface area contributed by atoms with Crippen LogP contribution in [0.2, 0.25) is 0 Å². The molecule has 0 aromatic carbocycles. The lowest BCUT2D eigenvalue weighted by Gasteiger charge is -2.24. The number of ether oxygens (including phenoxy) is 1. The molecule has 90 valence electrons. The minimum absolute atomic E-state index is 0.0237. The Morgan fingerprint density at radius 2 is 2.07 bits per heavy atom. The van der Waals surface area contributed by atoms with Gasteiger partial charge in [-0.25, -0.2) is 0 Å². The number of unbranched alkanes of at least 4 members (excludes halogenated alkanes) is 2. The maximum absolute atomic E-state index is 11.0. The van der Waals surface area contributed by atoms with Crippen LogP contribution in [0.3, 0.4) is 0 Å². The largest absolute Gasteiger partial charge is 0.378 e. The highest BCUT2D eigenvalue weighted by Gasteiger charge is 2.28. The van der Waals surface area contributed by atoms with Gasteiger partial charge in [-0.15, -0.1) is 0 Å². The first kappa shape index (κ1) is 14.4. The number of carbonyl (C=O) groups is 1. The number of primary amides is 1. The molecule has 4 heteroatoms. The first-order chi connectivity index (χ1) is 6.90. The van der Waals surface area contributed by atoms with Crippen LogP contribution in [0.15, 0.2) is 0 Å². The van der Waals surface area contributed by atoms with Gasteiger partial charge in [0.1, 0.15) is 0 Å². The summed E-state index contributed by atoms with van der Waals surface area (Å²) in [6.45, 7) is 6.43. The Hall–Kier alpha value is -0.610. The van der Waals surface area contributed by atoms with Gasteiger partial charge in [-0.05, 0) is 26.7 Å². The molecule has 0 aromatic heterocycles. The van der Waals surface area contributed by atoms with Crippen molar-refractivity contribution in [2.24, 2.45) is 11.5 Å². The Labute approximate surface area is 92.3 Å². The fourth-order valence-electron chi connectivity index (χ4n) is 1.39. The summed E-state index contributed by atoms with van der Waals surface area (Å²) >= 11 is 0. The molecule has 15 heavy (non-hydrogen) atoms. The number of amides is 1. The first-order valence-electron chi connectivity index (χ1n) is 5.60. The summed E-state index contributed by atoms with van der Waals surface area (Å²) in [5.74, 6) is -0.480. The second-order valence-corrected chi connectivity index (χ2v) is 4.37. The van der Waals surface area contributed by atoms with Crippen LogP contribution in [0, 0.1) is 0 Å². The van der Waals surface area contributed by atoms with Gasteiger partial charge in [0.25, 0.3) is 0 Å². The van der Waals surface area contributed by atoms with E-state index in [2.05, 4.69) is 6.92 Å². The van der Waals surface area contributed by atoms with E-state index < -0.39 is 11.4 Å². The Morgan fingerprint density at radius 1 is 1.47 bits per heavy atom. The van der Waals surface area contributed by atoms with E-state index in [1.807, 2.05) is 6.92 Å². The van der Waals surface area contributed by atoms with Crippen LogP contribution >= 0.6 is 0 Å². The van der Waals surface area contributed by atoms with Gasteiger partial charge in [-0.3, -0.25) is 4.79 Å². The van der Waals surface area contributed by atoms with Crippen LogP contribution in [0.4, 0.5) is 0 Å². The SMILES string of the molecule is CCCCCOC(C)CC(C)(N)C(N)=O. The van der Waals surface area contributed by atoms with E-state index in [1.165, 1.54) is 12.8 Å². The molecule has 0 saturated carbocycles.